The lowest BCUT2D eigenvalue weighted by atomic mass is 10.2. The molecule has 108 valence electrons. The minimum absolute atomic E-state index is 0.187. The number of carboxylic acid groups (broad SMARTS) is 1. The summed E-state index contributed by atoms with van der Waals surface area (Å²) in [7, 11) is 1.08. The van der Waals surface area contributed by atoms with Crippen LogP contribution in [0.25, 0.3) is 0 Å². The van der Waals surface area contributed by atoms with Gasteiger partial charge in [-0.05, 0) is 11.0 Å². The van der Waals surface area contributed by atoms with E-state index in [2.05, 4.69) is 15.0 Å². The summed E-state index contributed by atoms with van der Waals surface area (Å²) in [5.74, 6) is -3.52. The Morgan fingerprint density at radius 3 is 2.60 bits per heavy atom. The van der Waals surface area contributed by atoms with Crippen LogP contribution in [-0.2, 0) is 14.3 Å². The van der Waals surface area contributed by atoms with Gasteiger partial charge in [0.2, 0.25) is 0 Å². The van der Waals surface area contributed by atoms with Crippen LogP contribution in [0.15, 0.2) is 12.1 Å². The fourth-order valence-electron chi connectivity index (χ4n) is 1.31. The van der Waals surface area contributed by atoms with Crippen LogP contribution in [-0.4, -0.2) is 46.0 Å². The molecule has 0 aliphatic carbocycles. The molecule has 1 aromatic heterocycles. The number of carbonyl (C=O) groups is 3. The van der Waals surface area contributed by atoms with Crippen molar-refractivity contribution in [1.29, 1.82) is 0 Å². The Hall–Kier alpha value is -2.91. The molecule has 1 rings (SSSR count). The molecule has 0 aliphatic rings. The van der Waals surface area contributed by atoms with Crippen molar-refractivity contribution in [2.24, 2.45) is 0 Å². The Morgan fingerprint density at radius 2 is 2.15 bits per heavy atom. The SMILES string of the molecule is COC(=O)C[C@H](NC(=O)c1ccc([N+](=O)[O-])[nH]1)C(=O)O. The first kappa shape index (κ1) is 15.1. The van der Waals surface area contributed by atoms with Crippen molar-refractivity contribution in [3.8, 4) is 0 Å². The number of esters is 1. The first-order valence-corrected chi connectivity index (χ1v) is 5.29. The van der Waals surface area contributed by atoms with E-state index in [0.29, 0.717) is 0 Å². The number of methoxy groups -OCH3 is 1. The zero-order chi connectivity index (χ0) is 15.3. The van der Waals surface area contributed by atoms with E-state index in [1.54, 1.807) is 0 Å². The Bertz CT molecular complexity index is 551. The molecular formula is C10H11N3O7. The van der Waals surface area contributed by atoms with Crippen LogP contribution < -0.4 is 5.32 Å². The van der Waals surface area contributed by atoms with E-state index < -0.39 is 41.0 Å². The van der Waals surface area contributed by atoms with Crippen LogP contribution >= 0.6 is 0 Å². The van der Waals surface area contributed by atoms with Crippen molar-refractivity contribution < 1.29 is 29.2 Å². The topological polar surface area (TPSA) is 152 Å². The number of ether oxygens (including phenoxy) is 1. The number of carbonyl (C=O) groups excluding carboxylic acids is 2. The molecule has 0 aliphatic heterocycles. The molecule has 3 N–H and O–H groups in total. The number of aromatic amines is 1. The molecule has 10 nitrogen and oxygen atoms in total. The van der Waals surface area contributed by atoms with Gasteiger partial charge in [-0.3, -0.25) is 9.59 Å². The maximum absolute atomic E-state index is 11.7. The lowest BCUT2D eigenvalue weighted by Crippen LogP contribution is -2.42. The third kappa shape index (κ3) is 3.80. The summed E-state index contributed by atoms with van der Waals surface area (Å²) in [6.07, 6.45) is -0.555. The Balaban J connectivity index is 2.77. The van der Waals surface area contributed by atoms with Crippen molar-refractivity contribution in [2.45, 2.75) is 12.5 Å². The zero-order valence-electron chi connectivity index (χ0n) is 10.3. The van der Waals surface area contributed by atoms with E-state index in [0.717, 1.165) is 19.2 Å². The Kier molecular flexibility index (Phi) is 4.78. The molecule has 0 aromatic carbocycles. The summed E-state index contributed by atoms with van der Waals surface area (Å²) >= 11 is 0. The molecule has 10 heteroatoms. The predicted octanol–water partition coefficient (Wildman–Crippen LogP) is -0.331. The van der Waals surface area contributed by atoms with Gasteiger partial charge in [0.05, 0.1) is 13.5 Å². The molecule has 0 spiro atoms. The van der Waals surface area contributed by atoms with Gasteiger partial charge >= 0.3 is 17.8 Å². The number of aromatic nitrogens is 1. The number of hydrogen-bond donors (Lipinski definition) is 3. The van der Waals surface area contributed by atoms with Gasteiger partial charge in [0.25, 0.3) is 5.91 Å². The highest BCUT2D eigenvalue weighted by molar-refractivity contribution is 5.96. The second kappa shape index (κ2) is 6.31. The summed E-state index contributed by atoms with van der Waals surface area (Å²) in [6, 6.07) is 0.701. The Labute approximate surface area is 111 Å². The fourth-order valence-corrected chi connectivity index (χ4v) is 1.31. The second-order valence-electron chi connectivity index (χ2n) is 3.66. The van der Waals surface area contributed by atoms with Crippen molar-refractivity contribution >= 4 is 23.7 Å². The van der Waals surface area contributed by atoms with E-state index in [9.17, 15) is 24.5 Å². The average molecular weight is 285 g/mol. The number of aliphatic carboxylic acids is 1. The highest BCUT2D eigenvalue weighted by Gasteiger charge is 2.26. The Morgan fingerprint density at radius 1 is 1.50 bits per heavy atom. The van der Waals surface area contributed by atoms with Gasteiger partial charge in [-0.1, -0.05) is 0 Å². The fraction of sp³-hybridized carbons (Fsp3) is 0.300. The first-order chi connectivity index (χ1) is 9.35. The van der Waals surface area contributed by atoms with Gasteiger partial charge in [-0.15, -0.1) is 0 Å². The molecule has 0 unspecified atom stereocenters. The van der Waals surface area contributed by atoms with Crippen LogP contribution in [0.3, 0.4) is 0 Å². The van der Waals surface area contributed by atoms with Crippen LogP contribution in [0.5, 0.6) is 0 Å². The largest absolute Gasteiger partial charge is 0.480 e. The molecule has 1 atom stereocenters. The van der Waals surface area contributed by atoms with Crippen molar-refractivity contribution in [1.82, 2.24) is 10.3 Å². The maximum Gasteiger partial charge on any atom is 0.326 e. The number of nitro groups is 1. The predicted molar refractivity (Wildman–Crippen MR) is 63.0 cm³/mol. The average Bonchev–Trinajstić information content (AvgIpc) is 2.87. The van der Waals surface area contributed by atoms with E-state index >= 15 is 0 Å². The number of carboxylic acids is 1. The van der Waals surface area contributed by atoms with Gasteiger partial charge in [-0.2, -0.15) is 0 Å². The van der Waals surface area contributed by atoms with Crippen LogP contribution in [0.1, 0.15) is 16.9 Å². The molecule has 0 radical (unpaired) electrons. The van der Waals surface area contributed by atoms with Crippen molar-refractivity contribution in [3.05, 3.63) is 27.9 Å². The number of nitrogens with one attached hydrogen (secondary N) is 2. The van der Waals surface area contributed by atoms with Crippen LogP contribution in [0, 0.1) is 10.1 Å². The van der Waals surface area contributed by atoms with Gasteiger partial charge in [0.15, 0.2) is 5.69 Å². The summed E-state index contributed by atoms with van der Waals surface area (Å²) in [5.41, 5.74) is -0.187. The van der Waals surface area contributed by atoms with E-state index in [4.69, 9.17) is 5.11 Å². The normalized spacial score (nSPS) is 11.4. The molecule has 1 amide bonds. The van der Waals surface area contributed by atoms with Gasteiger partial charge < -0.3 is 25.3 Å². The number of hydrogen-bond acceptors (Lipinski definition) is 6. The highest BCUT2D eigenvalue weighted by Crippen LogP contribution is 2.10. The lowest BCUT2D eigenvalue weighted by Gasteiger charge is -2.11. The maximum atomic E-state index is 11.7. The molecule has 20 heavy (non-hydrogen) atoms. The lowest BCUT2D eigenvalue weighted by molar-refractivity contribution is -0.389. The number of amides is 1. The molecule has 1 aromatic rings. The molecule has 0 saturated heterocycles. The third-order valence-corrected chi connectivity index (χ3v) is 2.31. The standard InChI is InChI=1S/C10H11N3O7/c1-20-8(14)4-6(10(16)17)12-9(15)5-2-3-7(11-5)13(18)19/h2-3,6,11H,4H2,1H3,(H,12,15)(H,16,17)/t6-/m0/s1. The molecule has 1 heterocycles. The monoisotopic (exact) mass is 285 g/mol. The summed E-state index contributed by atoms with van der Waals surface area (Å²) in [6.45, 7) is 0. The summed E-state index contributed by atoms with van der Waals surface area (Å²) in [4.78, 5) is 45.5. The minimum atomic E-state index is -1.49. The smallest absolute Gasteiger partial charge is 0.326 e. The number of H-pyrrole nitrogens is 1. The molecular weight excluding hydrogens is 274 g/mol. The molecule has 0 bridgehead atoms. The molecule has 0 saturated carbocycles. The third-order valence-electron chi connectivity index (χ3n) is 2.31. The van der Waals surface area contributed by atoms with E-state index in [1.165, 1.54) is 0 Å². The molecule has 0 fully saturated rings. The van der Waals surface area contributed by atoms with Crippen molar-refractivity contribution in [3.63, 3.8) is 0 Å². The quantitative estimate of drug-likeness (QED) is 0.367. The minimum Gasteiger partial charge on any atom is -0.480 e. The van der Waals surface area contributed by atoms with Crippen molar-refractivity contribution in [2.75, 3.05) is 7.11 Å². The summed E-state index contributed by atoms with van der Waals surface area (Å²) < 4.78 is 4.30. The first-order valence-electron chi connectivity index (χ1n) is 5.29. The van der Waals surface area contributed by atoms with Gasteiger partial charge in [-0.25, -0.2) is 9.78 Å². The number of rotatable bonds is 6. The van der Waals surface area contributed by atoms with Gasteiger partial charge in [0, 0.05) is 6.07 Å². The highest BCUT2D eigenvalue weighted by atomic mass is 16.6. The van der Waals surface area contributed by atoms with Crippen LogP contribution in [0.4, 0.5) is 5.82 Å². The van der Waals surface area contributed by atoms with Crippen LogP contribution in [0.2, 0.25) is 0 Å². The zero-order valence-corrected chi connectivity index (χ0v) is 10.3. The number of nitrogens with zero attached hydrogens (tertiary/aromatic N) is 1. The second-order valence-corrected chi connectivity index (χ2v) is 3.66. The van der Waals surface area contributed by atoms with E-state index in [1.807, 2.05) is 0 Å². The van der Waals surface area contributed by atoms with E-state index in [-0.39, 0.29) is 5.69 Å². The summed E-state index contributed by atoms with van der Waals surface area (Å²) in [5, 5.41) is 21.4. The van der Waals surface area contributed by atoms with Gasteiger partial charge in [0.1, 0.15) is 6.04 Å².